The number of halogens is 3. The third-order valence-electron chi connectivity index (χ3n) is 10.2. The zero-order chi connectivity index (χ0) is 41.0. The predicted octanol–water partition coefficient (Wildman–Crippen LogP) is 16.0. The number of hydrogen-bond donors (Lipinski definition) is 1. The van der Waals surface area contributed by atoms with Gasteiger partial charge in [-0.1, -0.05) is 93.5 Å². The fraction of sp³-hybridized carbons (Fsp3) is 0.229. The number of phenolic OH excluding ortho intramolecular Hbond substituents is 1. The van der Waals surface area contributed by atoms with Crippen LogP contribution < -0.4 is 9.64 Å². The number of nitrogens with zero attached hydrogens (tertiary/aromatic N) is 5. The summed E-state index contributed by atoms with van der Waals surface area (Å²) in [6, 6.07) is 39.3. The molecule has 6 aromatic carbocycles. The number of benzene rings is 6. The first-order chi connectivity index (χ1) is 28.8. The lowest BCUT2D eigenvalue weighted by molar-refractivity contribution is -0.113. The van der Waals surface area contributed by atoms with Crippen molar-refractivity contribution in [3.63, 3.8) is 0 Å². The Hall–Kier alpha value is -4.72. The third-order valence-corrected chi connectivity index (χ3v) is 12.0. The van der Waals surface area contributed by atoms with Crippen molar-refractivity contribution in [3.8, 4) is 11.5 Å². The van der Waals surface area contributed by atoms with Crippen LogP contribution in [0.15, 0.2) is 151 Å². The number of amides is 1. The molecule has 0 atom stereocenters. The quantitative estimate of drug-likeness (QED) is 0.0402. The van der Waals surface area contributed by atoms with E-state index >= 15 is 0 Å². The average Bonchev–Trinajstić information content (AvgIpc) is 3.50. The van der Waals surface area contributed by atoms with Gasteiger partial charge in [0.05, 0.1) is 38.3 Å². The van der Waals surface area contributed by atoms with Crippen LogP contribution in [-0.4, -0.2) is 24.2 Å². The van der Waals surface area contributed by atoms with Gasteiger partial charge < -0.3 is 14.7 Å². The second kappa shape index (κ2) is 21.0. The van der Waals surface area contributed by atoms with Crippen LogP contribution in [0.3, 0.4) is 0 Å². The molecule has 0 unspecified atom stereocenters. The minimum Gasteiger partial charge on any atom is -0.506 e. The van der Waals surface area contributed by atoms with E-state index in [1.807, 2.05) is 95.9 Å². The molecule has 0 saturated heterocycles. The van der Waals surface area contributed by atoms with Gasteiger partial charge in [0.25, 0.3) is 5.91 Å². The Balaban J connectivity index is 0.825. The molecule has 8 nitrogen and oxygen atoms in total. The average molecular weight is 1030 g/mol. The number of hydrogen-bond acceptors (Lipinski definition) is 7. The molecule has 1 heterocycles. The van der Waals surface area contributed by atoms with Crippen molar-refractivity contribution in [2.45, 2.75) is 57.8 Å². The maximum absolute atomic E-state index is 13.7. The molecule has 7 rings (SSSR count). The summed E-state index contributed by atoms with van der Waals surface area (Å²) in [6.07, 6.45) is 12.0. The van der Waals surface area contributed by atoms with Gasteiger partial charge in [-0.15, -0.1) is 5.11 Å². The highest BCUT2D eigenvalue weighted by atomic mass is 127. The van der Waals surface area contributed by atoms with Gasteiger partial charge in [-0.3, -0.25) is 4.79 Å². The Labute approximate surface area is 375 Å². The highest BCUT2D eigenvalue weighted by Crippen LogP contribution is 2.41. The van der Waals surface area contributed by atoms with Gasteiger partial charge >= 0.3 is 0 Å². The molecule has 6 aromatic rings. The standard InChI is InChI=1S/C48H44Br2IN5O3/c49-42-30-33(31-43(50)47(42)57)29-41-40-32-35(51)20-25-44(40)56(48(41)58)27-13-6-4-2-1-3-5-7-14-28-59-45-26-19-34-15-11-12-18-39(34)46(45)55-54-38-23-21-37(22-24-38)53-52-36-16-9-8-10-17-36/h8-12,15-26,29-32,57H,1-7,13-14,27-28H2. The number of azo groups is 2. The summed E-state index contributed by atoms with van der Waals surface area (Å²) >= 11 is 9.11. The summed E-state index contributed by atoms with van der Waals surface area (Å²) in [7, 11) is 0. The first kappa shape index (κ1) is 42.4. The number of unbranched alkanes of at least 4 members (excludes halogenated alkanes) is 8. The zero-order valence-electron chi connectivity index (χ0n) is 32.5. The van der Waals surface area contributed by atoms with Crippen molar-refractivity contribution in [2.24, 2.45) is 20.5 Å². The Morgan fingerprint density at radius 3 is 1.93 bits per heavy atom. The van der Waals surface area contributed by atoms with Crippen LogP contribution in [0, 0.1) is 3.57 Å². The second-order valence-corrected chi connectivity index (χ2v) is 17.4. The molecule has 300 valence electrons. The summed E-state index contributed by atoms with van der Waals surface area (Å²) in [5, 5.41) is 30.1. The largest absolute Gasteiger partial charge is 0.506 e. The Bertz CT molecular complexity index is 2470. The van der Waals surface area contributed by atoms with Crippen molar-refractivity contribution < 1.29 is 14.6 Å². The first-order valence-electron chi connectivity index (χ1n) is 20.0. The molecule has 0 aromatic heterocycles. The number of carbonyl (C=O) groups excluding carboxylic acids is 1. The third kappa shape index (κ3) is 11.3. The molecule has 0 fully saturated rings. The van der Waals surface area contributed by atoms with Gasteiger partial charge in [0.15, 0.2) is 0 Å². The lowest BCUT2D eigenvalue weighted by Crippen LogP contribution is -2.27. The SMILES string of the molecule is O=C1C(=Cc2cc(Br)c(O)c(Br)c2)c2cc(I)ccc2N1CCCCCCCCCCCOc1ccc2ccccc2c1N=Nc1ccc(N=Nc2ccccc2)cc1. The molecule has 0 saturated carbocycles. The van der Waals surface area contributed by atoms with Gasteiger partial charge in [0.2, 0.25) is 0 Å². The van der Waals surface area contributed by atoms with Crippen LogP contribution in [0.5, 0.6) is 11.5 Å². The molecule has 0 radical (unpaired) electrons. The van der Waals surface area contributed by atoms with E-state index in [0.717, 1.165) is 91.8 Å². The van der Waals surface area contributed by atoms with Crippen molar-refractivity contribution in [3.05, 3.63) is 145 Å². The van der Waals surface area contributed by atoms with Gasteiger partial charge in [-0.05, 0) is 157 Å². The van der Waals surface area contributed by atoms with E-state index in [4.69, 9.17) is 4.74 Å². The van der Waals surface area contributed by atoms with E-state index < -0.39 is 0 Å². The lowest BCUT2D eigenvalue weighted by atomic mass is 10.0. The summed E-state index contributed by atoms with van der Waals surface area (Å²) in [4.78, 5) is 15.6. The van der Waals surface area contributed by atoms with Crippen LogP contribution >= 0.6 is 54.5 Å². The fourth-order valence-electron chi connectivity index (χ4n) is 7.08. The molecule has 11 heteroatoms. The van der Waals surface area contributed by atoms with Crippen molar-refractivity contribution >= 4 is 111 Å². The number of fused-ring (bicyclic) bond motifs is 2. The maximum atomic E-state index is 13.7. The van der Waals surface area contributed by atoms with Gasteiger partial charge in [0, 0.05) is 26.6 Å². The minimum atomic E-state index is 0.0257. The van der Waals surface area contributed by atoms with Crippen LogP contribution in [0.25, 0.3) is 22.4 Å². The number of rotatable bonds is 18. The van der Waals surface area contributed by atoms with Crippen LogP contribution in [0.1, 0.15) is 68.9 Å². The molecular weight excluding hydrogens is 981 g/mol. The lowest BCUT2D eigenvalue weighted by Gasteiger charge is -2.17. The Morgan fingerprint density at radius 2 is 1.24 bits per heavy atom. The zero-order valence-corrected chi connectivity index (χ0v) is 37.9. The molecule has 0 spiro atoms. The van der Waals surface area contributed by atoms with E-state index in [0.29, 0.717) is 27.7 Å². The summed E-state index contributed by atoms with van der Waals surface area (Å²) in [6.45, 7) is 1.32. The highest BCUT2D eigenvalue weighted by Gasteiger charge is 2.32. The van der Waals surface area contributed by atoms with Gasteiger partial charge in [0.1, 0.15) is 17.2 Å². The van der Waals surface area contributed by atoms with Crippen LogP contribution in [-0.2, 0) is 4.79 Å². The van der Waals surface area contributed by atoms with Crippen molar-refractivity contribution in [1.29, 1.82) is 0 Å². The Morgan fingerprint density at radius 1 is 0.644 bits per heavy atom. The van der Waals surface area contributed by atoms with E-state index in [1.54, 1.807) is 0 Å². The minimum absolute atomic E-state index is 0.0257. The molecule has 0 bridgehead atoms. The number of ether oxygens (including phenoxy) is 1. The summed E-state index contributed by atoms with van der Waals surface area (Å²) < 4.78 is 8.54. The number of aromatic hydroxyl groups is 1. The summed E-state index contributed by atoms with van der Waals surface area (Å²) in [5.41, 5.74) is 6.45. The van der Waals surface area contributed by atoms with Gasteiger partial charge in [-0.25, -0.2) is 0 Å². The van der Waals surface area contributed by atoms with Crippen molar-refractivity contribution in [1.82, 2.24) is 0 Å². The van der Waals surface area contributed by atoms with E-state index in [-0.39, 0.29) is 11.7 Å². The highest BCUT2D eigenvalue weighted by molar-refractivity contribution is 14.1. The molecule has 1 amide bonds. The predicted molar refractivity (Wildman–Crippen MR) is 255 cm³/mol. The topological polar surface area (TPSA) is 99.2 Å². The smallest absolute Gasteiger partial charge is 0.258 e. The molecule has 0 aliphatic carbocycles. The molecule has 1 N–H and O–H groups in total. The van der Waals surface area contributed by atoms with E-state index in [2.05, 4.69) is 111 Å². The number of carbonyl (C=O) groups is 1. The summed E-state index contributed by atoms with van der Waals surface area (Å²) in [5.74, 6) is 0.904. The monoisotopic (exact) mass is 1020 g/mol. The Kier molecular flexibility index (Phi) is 15.1. The first-order valence-corrected chi connectivity index (χ1v) is 22.7. The number of phenols is 1. The molecule has 1 aliphatic rings. The van der Waals surface area contributed by atoms with E-state index in [1.165, 1.54) is 25.7 Å². The molecule has 59 heavy (non-hydrogen) atoms. The van der Waals surface area contributed by atoms with Crippen molar-refractivity contribution in [2.75, 3.05) is 18.1 Å². The maximum Gasteiger partial charge on any atom is 0.258 e. The molecular formula is C48H44Br2IN5O3. The van der Waals surface area contributed by atoms with Gasteiger partial charge in [-0.2, -0.15) is 15.3 Å². The fourth-order valence-corrected chi connectivity index (χ4v) is 8.79. The van der Waals surface area contributed by atoms with Crippen LogP contribution in [0.4, 0.5) is 28.4 Å². The normalized spacial score (nSPS) is 13.4. The van der Waals surface area contributed by atoms with Crippen LogP contribution in [0.2, 0.25) is 0 Å². The van der Waals surface area contributed by atoms with E-state index in [9.17, 15) is 9.90 Å². The number of anilines is 1. The second-order valence-electron chi connectivity index (χ2n) is 14.4. The molecule has 1 aliphatic heterocycles.